The molecule has 1 heterocycles. The van der Waals surface area contributed by atoms with Gasteiger partial charge in [0.25, 0.3) is 5.91 Å². The van der Waals surface area contributed by atoms with Crippen molar-refractivity contribution in [2.24, 2.45) is 5.10 Å². The third kappa shape index (κ3) is 4.89. The van der Waals surface area contributed by atoms with Crippen molar-refractivity contribution < 1.29 is 28.5 Å². The summed E-state index contributed by atoms with van der Waals surface area (Å²) in [6.45, 7) is 0.0995. The zero-order valence-electron chi connectivity index (χ0n) is 17.2. The van der Waals surface area contributed by atoms with Crippen molar-refractivity contribution in [3.8, 4) is 17.2 Å². The van der Waals surface area contributed by atoms with Gasteiger partial charge in [0.05, 0.1) is 40.0 Å². The van der Waals surface area contributed by atoms with Crippen LogP contribution in [0, 0.1) is 0 Å². The van der Waals surface area contributed by atoms with Gasteiger partial charge in [0.1, 0.15) is 0 Å². The molecule has 1 aliphatic rings. The van der Waals surface area contributed by atoms with Crippen LogP contribution in [0.1, 0.15) is 17.5 Å². The van der Waals surface area contributed by atoms with Crippen LogP contribution in [0.15, 0.2) is 47.6 Å². The maximum absolute atomic E-state index is 12.3. The van der Waals surface area contributed by atoms with Gasteiger partial charge in [-0.05, 0) is 23.3 Å². The number of rotatable bonds is 8. The number of carbonyl (C=O) groups excluding carboxylic acids is 2. The average Bonchev–Trinajstić information content (AvgIpc) is 3.27. The van der Waals surface area contributed by atoms with E-state index in [2.05, 4.69) is 5.10 Å². The van der Waals surface area contributed by atoms with E-state index in [4.69, 9.17) is 18.9 Å². The Labute approximate surface area is 175 Å². The lowest BCUT2D eigenvalue weighted by molar-refractivity contribution is -0.151. The first-order valence-electron chi connectivity index (χ1n) is 9.43. The van der Waals surface area contributed by atoms with Gasteiger partial charge in [-0.15, -0.1) is 0 Å². The summed E-state index contributed by atoms with van der Waals surface area (Å²) in [5.74, 6) is 0.419. The van der Waals surface area contributed by atoms with Crippen LogP contribution in [0.3, 0.4) is 0 Å². The van der Waals surface area contributed by atoms with E-state index in [-0.39, 0.29) is 18.9 Å². The number of carbonyl (C=O) groups is 2. The summed E-state index contributed by atoms with van der Waals surface area (Å²) in [4.78, 5) is 24.6. The van der Waals surface area contributed by atoms with Crippen molar-refractivity contribution in [2.75, 3.05) is 34.5 Å². The molecule has 8 heteroatoms. The molecule has 8 nitrogen and oxygen atoms in total. The Morgan fingerprint density at radius 3 is 2.27 bits per heavy atom. The second-order valence-corrected chi connectivity index (χ2v) is 6.55. The van der Waals surface area contributed by atoms with E-state index in [9.17, 15) is 9.59 Å². The van der Waals surface area contributed by atoms with Gasteiger partial charge in [-0.3, -0.25) is 9.59 Å². The van der Waals surface area contributed by atoms with Crippen LogP contribution >= 0.6 is 0 Å². The molecule has 1 aliphatic heterocycles. The molecular weight excluding hydrogens is 388 g/mol. The Hall–Kier alpha value is -3.55. The number of methoxy groups -OCH3 is 3. The van der Waals surface area contributed by atoms with Crippen molar-refractivity contribution in [1.29, 1.82) is 0 Å². The predicted molar refractivity (Wildman–Crippen MR) is 110 cm³/mol. The molecule has 0 fully saturated rings. The monoisotopic (exact) mass is 412 g/mol. The number of hydrogen-bond acceptors (Lipinski definition) is 7. The van der Waals surface area contributed by atoms with Gasteiger partial charge in [0.15, 0.2) is 18.1 Å². The lowest BCUT2D eigenvalue weighted by Gasteiger charge is -2.14. The maximum atomic E-state index is 12.3. The molecule has 3 rings (SSSR count). The number of benzene rings is 2. The zero-order chi connectivity index (χ0) is 21.5. The van der Waals surface area contributed by atoms with Crippen molar-refractivity contribution in [3.05, 3.63) is 53.6 Å². The van der Waals surface area contributed by atoms with Crippen LogP contribution in [0.25, 0.3) is 0 Å². The third-order valence-electron chi connectivity index (χ3n) is 4.63. The number of nitrogens with zero attached hydrogens (tertiary/aromatic N) is 2. The highest BCUT2D eigenvalue weighted by Crippen LogP contribution is 2.38. The highest BCUT2D eigenvalue weighted by atomic mass is 16.5. The van der Waals surface area contributed by atoms with Crippen LogP contribution in [0.5, 0.6) is 17.2 Å². The Balaban J connectivity index is 1.57. The lowest BCUT2D eigenvalue weighted by Crippen LogP contribution is -2.29. The van der Waals surface area contributed by atoms with Crippen LogP contribution in [0.4, 0.5) is 0 Å². The Morgan fingerprint density at radius 1 is 1.00 bits per heavy atom. The first kappa shape index (κ1) is 21.2. The fraction of sp³-hybridized carbons (Fsp3) is 0.318. The summed E-state index contributed by atoms with van der Waals surface area (Å²) in [6, 6.07) is 13.0. The molecule has 0 spiro atoms. The first-order chi connectivity index (χ1) is 14.5. The van der Waals surface area contributed by atoms with E-state index in [0.29, 0.717) is 35.8 Å². The molecule has 158 valence electrons. The topological polar surface area (TPSA) is 86.7 Å². The molecule has 0 bridgehead atoms. The molecule has 0 saturated heterocycles. The minimum atomic E-state index is -0.538. The van der Waals surface area contributed by atoms with Gasteiger partial charge < -0.3 is 18.9 Å². The third-order valence-corrected chi connectivity index (χ3v) is 4.63. The molecule has 1 amide bonds. The van der Waals surface area contributed by atoms with Crippen molar-refractivity contribution in [1.82, 2.24) is 5.01 Å². The molecule has 0 aliphatic carbocycles. The van der Waals surface area contributed by atoms with E-state index in [1.807, 2.05) is 30.3 Å². The van der Waals surface area contributed by atoms with Crippen LogP contribution < -0.4 is 14.2 Å². The van der Waals surface area contributed by atoms with Gasteiger partial charge in [-0.2, -0.15) is 5.10 Å². The summed E-state index contributed by atoms with van der Waals surface area (Å²) in [7, 11) is 4.50. The maximum Gasteiger partial charge on any atom is 0.310 e. The average molecular weight is 412 g/mol. The second-order valence-electron chi connectivity index (χ2n) is 6.55. The molecule has 30 heavy (non-hydrogen) atoms. The minimum Gasteiger partial charge on any atom is -0.493 e. The number of amides is 1. The summed E-state index contributed by atoms with van der Waals surface area (Å²) >= 11 is 0. The molecule has 2 aromatic carbocycles. The van der Waals surface area contributed by atoms with Gasteiger partial charge in [0, 0.05) is 6.42 Å². The molecule has 0 saturated carbocycles. The van der Waals surface area contributed by atoms with Gasteiger partial charge >= 0.3 is 5.97 Å². The second kappa shape index (κ2) is 9.78. The van der Waals surface area contributed by atoms with E-state index < -0.39 is 5.97 Å². The fourth-order valence-corrected chi connectivity index (χ4v) is 3.14. The predicted octanol–water partition coefficient (Wildman–Crippen LogP) is 2.43. The van der Waals surface area contributed by atoms with E-state index in [1.165, 1.54) is 26.3 Å². The van der Waals surface area contributed by atoms with E-state index in [0.717, 1.165) is 11.3 Å². The van der Waals surface area contributed by atoms with Crippen LogP contribution in [0.2, 0.25) is 0 Å². The fourth-order valence-electron chi connectivity index (χ4n) is 3.14. The van der Waals surface area contributed by atoms with Crippen molar-refractivity contribution >= 4 is 17.6 Å². The number of esters is 1. The standard InChI is InChI=1S/C22H24N2O6/c1-27-18-11-15(12-19(28-2)22(18)29-3)13-21(26)30-14-20(25)24-10-9-17(23-24)16-7-5-4-6-8-16/h4-8,11-12H,9-10,13-14H2,1-3H3. The molecule has 2 aromatic rings. The molecule has 0 N–H and O–H groups in total. The van der Waals surface area contributed by atoms with Crippen LogP contribution in [-0.4, -0.2) is 57.1 Å². The summed E-state index contributed by atoms with van der Waals surface area (Å²) < 4.78 is 21.0. The molecule has 0 radical (unpaired) electrons. The highest BCUT2D eigenvalue weighted by Gasteiger charge is 2.23. The molecule has 0 atom stereocenters. The zero-order valence-corrected chi connectivity index (χ0v) is 17.2. The van der Waals surface area contributed by atoms with Crippen molar-refractivity contribution in [3.63, 3.8) is 0 Å². The summed E-state index contributed by atoms with van der Waals surface area (Å²) in [6.07, 6.45) is 0.623. The quantitative estimate of drug-likeness (QED) is 0.619. The summed E-state index contributed by atoms with van der Waals surface area (Å²) in [5, 5.41) is 5.69. The van der Waals surface area contributed by atoms with E-state index in [1.54, 1.807) is 12.1 Å². The Morgan fingerprint density at radius 2 is 1.67 bits per heavy atom. The van der Waals surface area contributed by atoms with E-state index >= 15 is 0 Å². The molecule has 0 unspecified atom stereocenters. The molecule has 0 aromatic heterocycles. The number of hydrazone groups is 1. The number of ether oxygens (including phenoxy) is 4. The minimum absolute atomic E-state index is 0.0392. The van der Waals surface area contributed by atoms with Crippen LogP contribution in [-0.2, 0) is 20.7 Å². The SMILES string of the molecule is COc1cc(CC(=O)OCC(=O)N2CCC(c3ccccc3)=N2)cc(OC)c1OC. The highest BCUT2D eigenvalue weighted by molar-refractivity contribution is 6.02. The lowest BCUT2D eigenvalue weighted by atomic mass is 10.1. The van der Waals surface area contributed by atoms with Crippen molar-refractivity contribution in [2.45, 2.75) is 12.8 Å². The largest absolute Gasteiger partial charge is 0.493 e. The first-order valence-corrected chi connectivity index (χ1v) is 9.43. The van der Waals surface area contributed by atoms with Gasteiger partial charge in [-0.1, -0.05) is 30.3 Å². The summed E-state index contributed by atoms with van der Waals surface area (Å²) in [5.41, 5.74) is 2.44. The normalized spacial score (nSPS) is 12.9. The Kier molecular flexibility index (Phi) is 6.90. The van der Waals surface area contributed by atoms with Gasteiger partial charge in [0.2, 0.25) is 5.75 Å². The van der Waals surface area contributed by atoms with Gasteiger partial charge in [-0.25, -0.2) is 5.01 Å². The molecular formula is C22H24N2O6. The number of hydrogen-bond donors (Lipinski definition) is 0. The Bertz CT molecular complexity index is 917. The smallest absolute Gasteiger partial charge is 0.310 e.